The van der Waals surface area contributed by atoms with Gasteiger partial charge < -0.3 is 11.1 Å². The summed E-state index contributed by atoms with van der Waals surface area (Å²) < 4.78 is 0. The van der Waals surface area contributed by atoms with Gasteiger partial charge in [0.05, 0.1) is 0 Å². The summed E-state index contributed by atoms with van der Waals surface area (Å²) in [6, 6.07) is 0.406. The lowest BCUT2D eigenvalue weighted by molar-refractivity contribution is 0.444. The average Bonchev–Trinajstić information content (AvgIpc) is 2.95. The first-order valence-corrected chi connectivity index (χ1v) is 6.20. The van der Waals surface area contributed by atoms with Gasteiger partial charge in [-0.25, -0.2) is 0 Å². The normalized spacial score (nSPS) is 20.8. The van der Waals surface area contributed by atoms with Crippen LogP contribution in [0.1, 0.15) is 46.0 Å². The Morgan fingerprint density at radius 1 is 1.36 bits per heavy atom. The molecule has 0 aromatic rings. The molecule has 1 fully saturated rings. The first-order chi connectivity index (χ1) is 6.74. The van der Waals surface area contributed by atoms with Crippen LogP contribution in [0, 0.1) is 11.8 Å². The summed E-state index contributed by atoms with van der Waals surface area (Å²) in [6.45, 7) is 6.83. The van der Waals surface area contributed by atoms with Gasteiger partial charge in [-0.05, 0) is 50.6 Å². The Balaban J connectivity index is 1.87. The van der Waals surface area contributed by atoms with Gasteiger partial charge in [-0.3, -0.25) is 0 Å². The van der Waals surface area contributed by atoms with Crippen LogP contribution in [0.15, 0.2) is 0 Å². The molecular weight excluding hydrogens is 172 g/mol. The molecule has 0 heterocycles. The van der Waals surface area contributed by atoms with Crippen molar-refractivity contribution < 1.29 is 0 Å². The van der Waals surface area contributed by atoms with Crippen LogP contribution in [0.5, 0.6) is 0 Å². The molecule has 0 aromatic carbocycles. The quantitative estimate of drug-likeness (QED) is 0.586. The van der Waals surface area contributed by atoms with E-state index in [-0.39, 0.29) is 0 Å². The van der Waals surface area contributed by atoms with E-state index in [0.29, 0.717) is 6.04 Å². The van der Waals surface area contributed by atoms with E-state index >= 15 is 0 Å². The van der Waals surface area contributed by atoms with Gasteiger partial charge in [0.25, 0.3) is 0 Å². The van der Waals surface area contributed by atoms with Gasteiger partial charge in [0.1, 0.15) is 0 Å². The van der Waals surface area contributed by atoms with Crippen molar-refractivity contribution in [1.29, 1.82) is 0 Å². The van der Waals surface area contributed by atoms with Crippen molar-refractivity contribution >= 4 is 0 Å². The summed E-state index contributed by atoms with van der Waals surface area (Å²) in [4.78, 5) is 0. The second kappa shape index (κ2) is 6.41. The maximum Gasteiger partial charge on any atom is 0.00508 e. The zero-order chi connectivity index (χ0) is 10.4. The molecule has 0 saturated heterocycles. The molecular formula is C12H26N2. The number of rotatable bonds is 8. The summed E-state index contributed by atoms with van der Waals surface area (Å²) in [7, 11) is 0. The van der Waals surface area contributed by atoms with Crippen molar-refractivity contribution in [3.63, 3.8) is 0 Å². The first-order valence-electron chi connectivity index (χ1n) is 6.20. The maximum atomic E-state index is 5.93. The molecule has 1 saturated carbocycles. The van der Waals surface area contributed by atoms with E-state index < -0.39 is 0 Å². The van der Waals surface area contributed by atoms with Crippen LogP contribution in [-0.4, -0.2) is 19.1 Å². The monoisotopic (exact) mass is 198 g/mol. The molecule has 0 aromatic heterocycles. The minimum Gasteiger partial charge on any atom is -0.328 e. The SMILES string of the molecule is CCCC(N)CCNCC(C)C1CC1. The molecule has 1 aliphatic rings. The molecule has 0 spiro atoms. The minimum absolute atomic E-state index is 0.406. The van der Waals surface area contributed by atoms with Crippen LogP contribution in [-0.2, 0) is 0 Å². The predicted octanol–water partition coefficient (Wildman–Crippen LogP) is 2.14. The second-order valence-corrected chi connectivity index (χ2v) is 4.86. The molecule has 14 heavy (non-hydrogen) atoms. The summed E-state index contributed by atoms with van der Waals surface area (Å²) in [5.74, 6) is 1.89. The molecule has 0 aliphatic heterocycles. The highest BCUT2D eigenvalue weighted by Gasteiger charge is 2.27. The summed E-state index contributed by atoms with van der Waals surface area (Å²) in [5.41, 5.74) is 5.93. The Labute approximate surface area is 88.6 Å². The van der Waals surface area contributed by atoms with E-state index in [1.807, 2.05) is 0 Å². The van der Waals surface area contributed by atoms with Crippen molar-refractivity contribution in [2.75, 3.05) is 13.1 Å². The maximum absolute atomic E-state index is 5.93. The molecule has 1 aliphatic carbocycles. The highest BCUT2D eigenvalue weighted by atomic mass is 14.9. The molecule has 2 nitrogen and oxygen atoms in total. The van der Waals surface area contributed by atoms with Crippen molar-refractivity contribution in [2.45, 2.75) is 52.0 Å². The number of nitrogens with one attached hydrogen (secondary N) is 1. The van der Waals surface area contributed by atoms with Crippen LogP contribution in [0.3, 0.4) is 0 Å². The third-order valence-corrected chi connectivity index (χ3v) is 3.24. The lowest BCUT2D eigenvalue weighted by atomic mass is 10.1. The van der Waals surface area contributed by atoms with E-state index in [0.717, 1.165) is 24.8 Å². The highest BCUT2D eigenvalue weighted by Crippen LogP contribution is 2.35. The molecule has 0 radical (unpaired) electrons. The predicted molar refractivity (Wildman–Crippen MR) is 62.3 cm³/mol. The van der Waals surface area contributed by atoms with Crippen molar-refractivity contribution in [3.8, 4) is 0 Å². The zero-order valence-corrected chi connectivity index (χ0v) is 9.76. The lowest BCUT2D eigenvalue weighted by Crippen LogP contribution is -2.29. The van der Waals surface area contributed by atoms with Crippen LogP contribution in [0.25, 0.3) is 0 Å². The third kappa shape index (κ3) is 4.97. The van der Waals surface area contributed by atoms with Gasteiger partial charge in [0.2, 0.25) is 0 Å². The highest BCUT2D eigenvalue weighted by molar-refractivity contribution is 4.79. The zero-order valence-electron chi connectivity index (χ0n) is 9.76. The van der Waals surface area contributed by atoms with Gasteiger partial charge >= 0.3 is 0 Å². The molecule has 3 N–H and O–H groups in total. The van der Waals surface area contributed by atoms with Crippen molar-refractivity contribution in [2.24, 2.45) is 17.6 Å². The number of hydrogen-bond donors (Lipinski definition) is 2. The second-order valence-electron chi connectivity index (χ2n) is 4.86. The Hall–Kier alpha value is -0.0800. The third-order valence-electron chi connectivity index (χ3n) is 3.24. The fourth-order valence-electron chi connectivity index (χ4n) is 1.96. The van der Waals surface area contributed by atoms with Crippen molar-refractivity contribution in [1.82, 2.24) is 5.32 Å². The van der Waals surface area contributed by atoms with Crippen molar-refractivity contribution in [3.05, 3.63) is 0 Å². The van der Waals surface area contributed by atoms with Crippen LogP contribution < -0.4 is 11.1 Å². The van der Waals surface area contributed by atoms with Gasteiger partial charge in [0, 0.05) is 6.04 Å². The smallest absolute Gasteiger partial charge is 0.00508 e. The van der Waals surface area contributed by atoms with Crippen LogP contribution in [0.2, 0.25) is 0 Å². The van der Waals surface area contributed by atoms with Crippen LogP contribution >= 0.6 is 0 Å². The van der Waals surface area contributed by atoms with Gasteiger partial charge in [-0.1, -0.05) is 20.3 Å². The van der Waals surface area contributed by atoms with Gasteiger partial charge in [0.15, 0.2) is 0 Å². The summed E-state index contributed by atoms with van der Waals surface area (Å²) in [5, 5.41) is 3.52. The van der Waals surface area contributed by atoms with E-state index in [1.54, 1.807) is 0 Å². The molecule has 0 bridgehead atoms. The topological polar surface area (TPSA) is 38.0 Å². The van der Waals surface area contributed by atoms with E-state index in [1.165, 1.54) is 32.2 Å². The number of hydrogen-bond acceptors (Lipinski definition) is 2. The largest absolute Gasteiger partial charge is 0.328 e. The molecule has 84 valence electrons. The number of nitrogens with two attached hydrogens (primary N) is 1. The Morgan fingerprint density at radius 3 is 2.64 bits per heavy atom. The Morgan fingerprint density at radius 2 is 2.07 bits per heavy atom. The average molecular weight is 198 g/mol. The minimum atomic E-state index is 0.406. The Kier molecular flexibility index (Phi) is 5.49. The molecule has 1 rings (SSSR count). The van der Waals surface area contributed by atoms with E-state index in [4.69, 9.17) is 5.73 Å². The fraction of sp³-hybridized carbons (Fsp3) is 1.00. The summed E-state index contributed by atoms with van der Waals surface area (Å²) >= 11 is 0. The van der Waals surface area contributed by atoms with Gasteiger partial charge in [-0.2, -0.15) is 0 Å². The lowest BCUT2D eigenvalue weighted by Gasteiger charge is -2.13. The summed E-state index contributed by atoms with van der Waals surface area (Å²) in [6.07, 6.45) is 6.42. The molecule has 0 amide bonds. The molecule has 2 unspecified atom stereocenters. The molecule has 2 heteroatoms. The van der Waals surface area contributed by atoms with E-state index in [9.17, 15) is 0 Å². The molecule has 2 atom stereocenters. The first kappa shape index (κ1) is 12.0. The van der Waals surface area contributed by atoms with Gasteiger partial charge in [-0.15, -0.1) is 0 Å². The standard InChI is InChI=1S/C12H26N2/c1-3-4-12(13)7-8-14-9-10(2)11-5-6-11/h10-12,14H,3-9,13H2,1-2H3. The van der Waals surface area contributed by atoms with Crippen LogP contribution in [0.4, 0.5) is 0 Å². The fourth-order valence-corrected chi connectivity index (χ4v) is 1.96. The van der Waals surface area contributed by atoms with E-state index in [2.05, 4.69) is 19.2 Å². The Bertz CT molecular complexity index is 143.